The maximum absolute atomic E-state index is 5.74. The van der Waals surface area contributed by atoms with Crippen LogP contribution >= 0.6 is 11.8 Å². The molecule has 102 valence electrons. The van der Waals surface area contributed by atoms with Gasteiger partial charge in [0.25, 0.3) is 0 Å². The summed E-state index contributed by atoms with van der Waals surface area (Å²) in [5.41, 5.74) is 6.59. The van der Waals surface area contributed by atoms with Crippen molar-refractivity contribution in [1.82, 2.24) is 0 Å². The molecule has 1 aromatic carbocycles. The van der Waals surface area contributed by atoms with Crippen LogP contribution in [-0.4, -0.2) is 32.3 Å². The summed E-state index contributed by atoms with van der Waals surface area (Å²) in [6, 6.07) is 3.76. The van der Waals surface area contributed by atoms with Crippen LogP contribution in [0.1, 0.15) is 12.5 Å². The average Bonchev–Trinajstić information content (AvgIpc) is 2.42. The third-order valence-corrected chi connectivity index (χ3v) is 3.30. The van der Waals surface area contributed by atoms with Gasteiger partial charge in [0.15, 0.2) is 11.5 Å². The van der Waals surface area contributed by atoms with Gasteiger partial charge in [-0.3, -0.25) is 0 Å². The fourth-order valence-electron chi connectivity index (χ4n) is 1.54. The zero-order chi connectivity index (χ0) is 13.4. The zero-order valence-electron chi connectivity index (χ0n) is 11.2. The van der Waals surface area contributed by atoms with E-state index in [4.69, 9.17) is 19.9 Å². The maximum atomic E-state index is 5.74. The van der Waals surface area contributed by atoms with Crippen LogP contribution in [0.25, 0.3) is 0 Å². The third-order valence-electron chi connectivity index (χ3n) is 2.43. The predicted octanol–water partition coefficient (Wildman–Crippen LogP) is 2.29. The monoisotopic (exact) mass is 271 g/mol. The van der Waals surface area contributed by atoms with Crippen LogP contribution in [0.5, 0.6) is 17.2 Å². The highest BCUT2D eigenvalue weighted by atomic mass is 32.2. The van der Waals surface area contributed by atoms with Gasteiger partial charge in [-0.15, -0.1) is 0 Å². The van der Waals surface area contributed by atoms with Crippen LogP contribution in [0.3, 0.4) is 0 Å². The van der Waals surface area contributed by atoms with Gasteiger partial charge in [0.1, 0.15) is 0 Å². The van der Waals surface area contributed by atoms with Gasteiger partial charge >= 0.3 is 0 Å². The van der Waals surface area contributed by atoms with E-state index in [0.29, 0.717) is 30.4 Å². The van der Waals surface area contributed by atoms with Crippen molar-refractivity contribution >= 4 is 11.8 Å². The summed E-state index contributed by atoms with van der Waals surface area (Å²) >= 11 is 1.84. The van der Waals surface area contributed by atoms with Gasteiger partial charge in [-0.25, -0.2) is 0 Å². The molecule has 0 aliphatic rings. The molecule has 0 aliphatic heterocycles. The molecule has 0 saturated carbocycles. The van der Waals surface area contributed by atoms with Crippen molar-refractivity contribution in [3.05, 3.63) is 17.7 Å². The Balaban J connectivity index is 2.85. The Kier molecular flexibility index (Phi) is 6.75. The van der Waals surface area contributed by atoms with Crippen LogP contribution in [0, 0.1) is 0 Å². The summed E-state index contributed by atoms with van der Waals surface area (Å²) in [5.74, 6) is 4.01. The number of hydrogen-bond acceptors (Lipinski definition) is 5. The van der Waals surface area contributed by atoms with Gasteiger partial charge in [-0.05, 0) is 23.4 Å². The van der Waals surface area contributed by atoms with E-state index < -0.39 is 0 Å². The van der Waals surface area contributed by atoms with Crippen LogP contribution in [0.4, 0.5) is 0 Å². The minimum absolute atomic E-state index is 0.443. The number of benzene rings is 1. The van der Waals surface area contributed by atoms with Gasteiger partial charge in [-0.1, -0.05) is 6.92 Å². The summed E-state index contributed by atoms with van der Waals surface area (Å²) in [4.78, 5) is 0. The molecule has 0 radical (unpaired) electrons. The lowest BCUT2D eigenvalue weighted by Crippen LogP contribution is -2.05. The molecule has 18 heavy (non-hydrogen) atoms. The first-order chi connectivity index (χ1) is 8.76. The molecule has 0 aromatic heterocycles. The Labute approximate surface area is 113 Å². The van der Waals surface area contributed by atoms with E-state index in [9.17, 15) is 0 Å². The molecule has 0 saturated heterocycles. The lowest BCUT2D eigenvalue weighted by atomic mass is 10.2. The Morgan fingerprint density at radius 1 is 1.17 bits per heavy atom. The third kappa shape index (κ3) is 3.99. The molecular formula is C13H21NO3S. The Morgan fingerprint density at radius 2 is 1.78 bits per heavy atom. The van der Waals surface area contributed by atoms with Crippen molar-refractivity contribution in [3.63, 3.8) is 0 Å². The van der Waals surface area contributed by atoms with E-state index in [-0.39, 0.29) is 0 Å². The molecule has 0 heterocycles. The molecule has 5 heteroatoms. The SMILES string of the molecule is CCSCCOc1c(OC)cc(CN)cc1OC. The highest BCUT2D eigenvalue weighted by Gasteiger charge is 2.13. The van der Waals surface area contributed by atoms with E-state index in [2.05, 4.69) is 6.92 Å². The Hall–Kier alpha value is -1.07. The van der Waals surface area contributed by atoms with Crippen LogP contribution in [-0.2, 0) is 6.54 Å². The smallest absolute Gasteiger partial charge is 0.203 e. The summed E-state index contributed by atoms with van der Waals surface area (Å²) in [5, 5.41) is 0. The molecule has 0 aliphatic carbocycles. The number of ether oxygens (including phenoxy) is 3. The standard InChI is InChI=1S/C13H21NO3S/c1-4-18-6-5-17-13-11(15-2)7-10(9-14)8-12(13)16-3/h7-8H,4-6,9,14H2,1-3H3. The minimum atomic E-state index is 0.443. The second kappa shape index (κ2) is 8.11. The highest BCUT2D eigenvalue weighted by Crippen LogP contribution is 2.38. The molecule has 1 rings (SSSR count). The summed E-state index contributed by atoms with van der Waals surface area (Å²) < 4.78 is 16.4. The van der Waals surface area contributed by atoms with E-state index >= 15 is 0 Å². The van der Waals surface area contributed by atoms with Crippen LogP contribution < -0.4 is 19.9 Å². The summed E-state index contributed by atoms with van der Waals surface area (Å²) in [6.45, 7) is 3.20. The van der Waals surface area contributed by atoms with Gasteiger partial charge < -0.3 is 19.9 Å². The number of rotatable bonds is 8. The number of thioether (sulfide) groups is 1. The van der Waals surface area contributed by atoms with E-state index in [1.807, 2.05) is 23.9 Å². The van der Waals surface area contributed by atoms with Crippen molar-refractivity contribution in [2.24, 2.45) is 5.73 Å². The second-order valence-corrected chi connectivity index (χ2v) is 4.97. The molecule has 4 nitrogen and oxygen atoms in total. The van der Waals surface area contributed by atoms with Crippen molar-refractivity contribution in [1.29, 1.82) is 0 Å². The van der Waals surface area contributed by atoms with Crippen molar-refractivity contribution in [2.45, 2.75) is 13.5 Å². The first-order valence-electron chi connectivity index (χ1n) is 5.92. The molecule has 0 atom stereocenters. The largest absolute Gasteiger partial charge is 0.493 e. The molecule has 0 unspecified atom stereocenters. The topological polar surface area (TPSA) is 53.7 Å². The predicted molar refractivity (Wildman–Crippen MR) is 75.9 cm³/mol. The molecular weight excluding hydrogens is 250 g/mol. The van der Waals surface area contributed by atoms with Gasteiger partial charge in [0.05, 0.1) is 20.8 Å². The first kappa shape index (κ1) is 15.0. The van der Waals surface area contributed by atoms with Crippen molar-refractivity contribution in [3.8, 4) is 17.2 Å². The van der Waals surface area contributed by atoms with Gasteiger partial charge in [0.2, 0.25) is 5.75 Å². The van der Waals surface area contributed by atoms with Gasteiger partial charge in [0, 0.05) is 12.3 Å². The Bertz CT molecular complexity index is 346. The highest BCUT2D eigenvalue weighted by molar-refractivity contribution is 7.99. The van der Waals surface area contributed by atoms with Crippen molar-refractivity contribution in [2.75, 3.05) is 32.3 Å². The van der Waals surface area contributed by atoms with Crippen molar-refractivity contribution < 1.29 is 14.2 Å². The second-order valence-electron chi connectivity index (χ2n) is 3.58. The summed E-state index contributed by atoms with van der Waals surface area (Å²) in [6.07, 6.45) is 0. The lowest BCUT2D eigenvalue weighted by molar-refractivity contribution is 0.290. The molecule has 0 spiro atoms. The first-order valence-corrected chi connectivity index (χ1v) is 7.07. The fourth-order valence-corrected chi connectivity index (χ4v) is 2.03. The van der Waals surface area contributed by atoms with E-state index in [1.54, 1.807) is 14.2 Å². The molecule has 2 N–H and O–H groups in total. The minimum Gasteiger partial charge on any atom is -0.493 e. The summed E-state index contributed by atoms with van der Waals surface area (Å²) in [7, 11) is 3.23. The number of methoxy groups -OCH3 is 2. The fraction of sp³-hybridized carbons (Fsp3) is 0.538. The number of nitrogens with two attached hydrogens (primary N) is 1. The Morgan fingerprint density at radius 3 is 2.22 bits per heavy atom. The normalized spacial score (nSPS) is 10.2. The lowest BCUT2D eigenvalue weighted by Gasteiger charge is -2.15. The average molecular weight is 271 g/mol. The van der Waals surface area contributed by atoms with E-state index in [1.165, 1.54) is 0 Å². The molecule has 0 bridgehead atoms. The molecule has 1 aromatic rings. The number of hydrogen-bond donors (Lipinski definition) is 1. The van der Waals surface area contributed by atoms with Crippen LogP contribution in [0.2, 0.25) is 0 Å². The van der Waals surface area contributed by atoms with Gasteiger partial charge in [-0.2, -0.15) is 11.8 Å². The molecule has 0 fully saturated rings. The zero-order valence-corrected chi connectivity index (χ0v) is 12.0. The molecule has 0 amide bonds. The van der Waals surface area contributed by atoms with E-state index in [0.717, 1.165) is 17.1 Å². The van der Waals surface area contributed by atoms with Crippen LogP contribution in [0.15, 0.2) is 12.1 Å². The maximum Gasteiger partial charge on any atom is 0.203 e. The quantitative estimate of drug-likeness (QED) is 0.735.